The van der Waals surface area contributed by atoms with E-state index in [9.17, 15) is 8.42 Å². The molecule has 16 heavy (non-hydrogen) atoms. The molecule has 0 bridgehead atoms. The minimum absolute atomic E-state index is 0.666. The van der Waals surface area contributed by atoms with Crippen LogP contribution in [0.3, 0.4) is 0 Å². The quantitative estimate of drug-likeness (QED) is 0.574. The summed E-state index contributed by atoms with van der Waals surface area (Å²) in [4.78, 5) is 2.66. The third-order valence-corrected chi connectivity index (χ3v) is 5.78. The van der Waals surface area contributed by atoms with Crippen LogP contribution < -0.4 is 0 Å². The molecule has 4 heteroatoms. The van der Waals surface area contributed by atoms with Crippen molar-refractivity contribution in [3.05, 3.63) is 48.5 Å². The standard InChI is InChI=1S/C12H8O2S2/c13-15-9-5-1-2-6-10(9)16(14)12-8-4-3-7-11(12)15/h1-8H/i13+2. The van der Waals surface area contributed by atoms with Crippen LogP contribution in [0.1, 0.15) is 0 Å². The van der Waals surface area contributed by atoms with Crippen molar-refractivity contribution in [1.29, 1.82) is 0 Å². The fourth-order valence-electron chi connectivity index (χ4n) is 1.75. The van der Waals surface area contributed by atoms with Gasteiger partial charge in [-0.2, -0.15) is 0 Å². The van der Waals surface area contributed by atoms with E-state index in [2.05, 4.69) is 0 Å². The van der Waals surface area contributed by atoms with Crippen molar-refractivity contribution in [2.45, 2.75) is 19.6 Å². The van der Waals surface area contributed by atoms with E-state index < -0.39 is 21.6 Å². The molecule has 1 aliphatic heterocycles. The summed E-state index contributed by atoms with van der Waals surface area (Å²) in [6.07, 6.45) is 0. The molecule has 80 valence electrons. The molecule has 2 nitrogen and oxygen atoms in total. The average Bonchev–Trinajstić information content (AvgIpc) is 2.36. The van der Waals surface area contributed by atoms with Gasteiger partial charge in [0.2, 0.25) is 0 Å². The average molecular weight is 250 g/mol. The Morgan fingerprint density at radius 3 is 1.56 bits per heavy atom. The highest BCUT2D eigenvalue weighted by Crippen LogP contribution is 2.34. The van der Waals surface area contributed by atoms with Crippen LogP contribution in [0.5, 0.6) is 0 Å². The highest BCUT2D eigenvalue weighted by Gasteiger charge is 2.26. The first-order valence-electron chi connectivity index (χ1n) is 4.80. The Morgan fingerprint density at radius 1 is 0.750 bits per heavy atom. The van der Waals surface area contributed by atoms with Gasteiger partial charge in [0.05, 0.1) is 41.2 Å². The highest BCUT2D eigenvalue weighted by atomic mass is 32.2. The Labute approximate surface area is 98.2 Å². The van der Waals surface area contributed by atoms with Crippen LogP contribution in [0.25, 0.3) is 0 Å². The summed E-state index contributed by atoms with van der Waals surface area (Å²) in [5.74, 6) is 0. The first-order chi connectivity index (χ1) is 7.79. The van der Waals surface area contributed by atoms with Crippen LogP contribution >= 0.6 is 0 Å². The Morgan fingerprint density at radius 2 is 1.12 bits per heavy atom. The number of hydrogen-bond acceptors (Lipinski definition) is 2. The molecule has 0 radical (unpaired) electrons. The van der Waals surface area contributed by atoms with Crippen LogP contribution in [0, 0.1) is 0 Å². The van der Waals surface area contributed by atoms with Crippen LogP contribution in [0.15, 0.2) is 68.1 Å². The van der Waals surface area contributed by atoms with Crippen LogP contribution in [-0.4, -0.2) is 8.42 Å². The lowest BCUT2D eigenvalue weighted by Crippen LogP contribution is -2.10. The number of benzene rings is 2. The van der Waals surface area contributed by atoms with E-state index in [0.717, 1.165) is 0 Å². The summed E-state index contributed by atoms with van der Waals surface area (Å²) in [5.41, 5.74) is 0. The van der Waals surface area contributed by atoms with E-state index >= 15 is 0 Å². The third-order valence-electron chi connectivity index (χ3n) is 2.50. The van der Waals surface area contributed by atoms with Crippen molar-refractivity contribution in [1.82, 2.24) is 0 Å². The molecular formula is C12H8O2S2. The van der Waals surface area contributed by atoms with Crippen LogP contribution in [-0.2, 0) is 21.6 Å². The fraction of sp³-hybridized carbons (Fsp3) is 0. The van der Waals surface area contributed by atoms with Gasteiger partial charge in [-0.3, -0.25) is 0 Å². The monoisotopic (exact) mass is 250 g/mol. The van der Waals surface area contributed by atoms with Gasteiger partial charge in [0.25, 0.3) is 0 Å². The van der Waals surface area contributed by atoms with E-state index in [1.807, 2.05) is 24.3 Å². The lowest BCUT2D eigenvalue weighted by atomic mass is 10.3. The van der Waals surface area contributed by atoms with Gasteiger partial charge >= 0.3 is 0 Å². The molecule has 1 heterocycles. The first kappa shape index (κ1) is 9.93. The van der Waals surface area contributed by atoms with Gasteiger partial charge in [0.15, 0.2) is 0 Å². The third kappa shape index (κ3) is 1.30. The van der Waals surface area contributed by atoms with Gasteiger partial charge in [0.1, 0.15) is 0 Å². The summed E-state index contributed by atoms with van der Waals surface area (Å²) in [5, 5.41) is 0. The summed E-state index contributed by atoms with van der Waals surface area (Å²) < 4.78 is 24.5. The molecule has 0 N–H and O–H groups in total. The smallest absolute Gasteiger partial charge is 0.0874 e. The van der Waals surface area contributed by atoms with Gasteiger partial charge in [-0.1, -0.05) is 24.3 Å². The molecule has 0 saturated carbocycles. The largest absolute Gasteiger partial charge is 0.249 e. The molecule has 2 aromatic rings. The zero-order valence-corrected chi connectivity index (χ0v) is 9.88. The number of rotatable bonds is 0. The van der Waals surface area contributed by atoms with Crippen molar-refractivity contribution in [3.8, 4) is 0 Å². The van der Waals surface area contributed by atoms with E-state index in [-0.39, 0.29) is 0 Å². The fourth-order valence-corrected chi connectivity index (χ4v) is 4.94. The van der Waals surface area contributed by atoms with Crippen molar-refractivity contribution in [2.75, 3.05) is 0 Å². The Balaban J connectivity index is 2.35. The SMILES string of the molecule is O=S1c2ccccc2S(=[18O])c2ccccc21. The maximum atomic E-state index is 12.2. The maximum Gasteiger partial charge on any atom is 0.0874 e. The molecule has 0 spiro atoms. The molecule has 0 unspecified atom stereocenters. The molecule has 0 aliphatic carbocycles. The molecular weight excluding hydrogens is 242 g/mol. The first-order valence-corrected chi connectivity index (χ1v) is 7.10. The zero-order valence-electron chi connectivity index (χ0n) is 8.25. The molecule has 1 aliphatic rings. The normalized spacial score (nSPS) is 22.2. The van der Waals surface area contributed by atoms with E-state index in [1.165, 1.54) is 0 Å². The van der Waals surface area contributed by atoms with E-state index in [1.54, 1.807) is 24.3 Å². The second-order valence-corrected chi connectivity index (χ2v) is 6.27. The molecule has 2 aromatic carbocycles. The Kier molecular flexibility index (Phi) is 2.26. The Bertz CT molecular complexity index is 514. The number of hydrogen-bond donors (Lipinski definition) is 0. The predicted molar refractivity (Wildman–Crippen MR) is 62.2 cm³/mol. The maximum absolute atomic E-state index is 12.2. The zero-order chi connectivity index (χ0) is 11.1. The van der Waals surface area contributed by atoms with E-state index in [0.29, 0.717) is 19.6 Å². The summed E-state index contributed by atoms with van der Waals surface area (Å²) in [6.45, 7) is 0. The molecule has 0 amide bonds. The Hall–Kier alpha value is -1.26. The summed E-state index contributed by atoms with van der Waals surface area (Å²) >= 11 is 0. The van der Waals surface area contributed by atoms with Crippen molar-refractivity contribution < 1.29 is 8.42 Å². The second kappa shape index (κ2) is 3.64. The van der Waals surface area contributed by atoms with Gasteiger partial charge < -0.3 is 0 Å². The lowest BCUT2D eigenvalue weighted by Gasteiger charge is -2.17. The van der Waals surface area contributed by atoms with Crippen molar-refractivity contribution in [3.63, 3.8) is 0 Å². The van der Waals surface area contributed by atoms with Gasteiger partial charge in [-0.15, -0.1) is 0 Å². The van der Waals surface area contributed by atoms with Gasteiger partial charge in [-0.05, 0) is 24.3 Å². The molecule has 0 atom stereocenters. The predicted octanol–water partition coefficient (Wildman–Crippen LogP) is 2.33. The molecule has 0 fully saturated rings. The van der Waals surface area contributed by atoms with Gasteiger partial charge in [0, 0.05) is 0 Å². The van der Waals surface area contributed by atoms with Crippen LogP contribution in [0.2, 0.25) is 0 Å². The van der Waals surface area contributed by atoms with Crippen molar-refractivity contribution in [2.24, 2.45) is 0 Å². The second-order valence-electron chi connectivity index (χ2n) is 3.43. The van der Waals surface area contributed by atoms with Crippen LogP contribution in [0.4, 0.5) is 0 Å². The number of fused-ring (bicyclic) bond motifs is 2. The minimum atomic E-state index is -1.20. The molecule has 0 aromatic heterocycles. The van der Waals surface area contributed by atoms with Crippen molar-refractivity contribution >= 4 is 21.6 Å². The molecule has 3 rings (SSSR count). The summed E-state index contributed by atoms with van der Waals surface area (Å²) in [7, 11) is -2.41. The topological polar surface area (TPSA) is 34.1 Å². The lowest BCUT2D eigenvalue weighted by molar-refractivity contribution is 0.665. The van der Waals surface area contributed by atoms with E-state index in [4.69, 9.17) is 0 Å². The highest BCUT2D eigenvalue weighted by molar-refractivity contribution is 7.91. The summed E-state index contributed by atoms with van der Waals surface area (Å²) in [6, 6.07) is 14.4. The molecule has 0 saturated heterocycles. The minimum Gasteiger partial charge on any atom is -0.249 e. The van der Waals surface area contributed by atoms with Gasteiger partial charge in [-0.25, -0.2) is 8.42 Å².